The molecular weight excluding hydrogens is 617 g/mol. The maximum atomic E-state index is 11.4. The zero-order valence-electron chi connectivity index (χ0n) is 22.1. The summed E-state index contributed by atoms with van der Waals surface area (Å²) < 4.78 is 16.0. The van der Waals surface area contributed by atoms with Crippen LogP contribution in [0.5, 0.6) is 5.75 Å². The van der Waals surface area contributed by atoms with Crippen LogP contribution < -0.4 is 10.5 Å². The molecule has 2 saturated carbocycles. The van der Waals surface area contributed by atoms with E-state index in [1.54, 1.807) is 6.07 Å². The first-order chi connectivity index (χ1) is 20.3. The zero-order chi connectivity index (χ0) is 29.0. The molecule has 0 radical (unpaired) electrons. The normalized spacial score (nSPS) is 20.0. The summed E-state index contributed by atoms with van der Waals surface area (Å²) in [6, 6.07) is 18.5. The lowest BCUT2D eigenvalue weighted by Gasteiger charge is -2.44. The molecular formula is C31H24Cl3N3O4S. The molecule has 11 heteroatoms. The first-order valence-electron chi connectivity index (χ1n) is 13.5. The van der Waals surface area contributed by atoms with Gasteiger partial charge in [-0.25, -0.2) is 9.89 Å². The summed E-state index contributed by atoms with van der Waals surface area (Å²) in [7, 11) is 0. The van der Waals surface area contributed by atoms with E-state index in [9.17, 15) is 9.90 Å². The molecule has 0 aliphatic heterocycles. The average Bonchev–Trinajstić information content (AvgIpc) is 3.57. The van der Waals surface area contributed by atoms with Gasteiger partial charge in [-0.1, -0.05) is 59.1 Å². The number of H-pyrrole nitrogens is 1. The summed E-state index contributed by atoms with van der Waals surface area (Å²) >= 11 is 21.2. The Labute approximate surface area is 260 Å². The van der Waals surface area contributed by atoms with Crippen LogP contribution in [0.3, 0.4) is 0 Å². The minimum atomic E-state index is -1.06. The molecule has 2 aliphatic carbocycles. The van der Waals surface area contributed by atoms with Crippen LogP contribution in [-0.4, -0.2) is 19.7 Å². The van der Waals surface area contributed by atoms with E-state index in [2.05, 4.69) is 10.2 Å². The first-order valence-corrected chi connectivity index (χ1v) is 15.4. The van der Waals surface area contributed by atoms with Gasteiger partial charge in [0.15, 0.2) is 0 Å². The van der Waals surface area contributed by atoms with Gasteiger partial charge in [-0.3, -0.25) is 0 Å². The smallest absolute Gasteiger partial charge is 0.434 e. The largest absolute Gasteiger partial charge is 0.489 e. The van der Waals surface area contributed by atoms with Crippen molar-refractivity contribution < 1.29 is 14.3 Å². The molecule has 42 heavy (non-hydrogen) atoms. The third-order valence-corrected chi connectivity index (χ3v) is 10.00. The number of rotatable bonds is 8. The minimum absolute atomic E-state index is 0.120. The van der Waals surface area contributed by atoms with E-state index >= 15 is 0 Å². The quantitative estimate of drug-likeness (QED) is 0.177. The Balaban J connectivity index is 1.07. The molecule has 0 saturated heterocycles. The van der Waals surface area contributed by atoms with E-state index in [0.29, 0.717) is 57.3 Å². The molecule has 5 aromatic rings. The molecule has 7 rings (SSSR count). The fourth-order valence-electron chi connectivity index (χ4n) is 5.66. The number of aromatic nitrogens is 3. The number of aliphatic hydroxyl groups is 1. The van der Waals surface area contributed by atoms with Crippen molar-refractivity contribution in [1.29, 1.82) is 0 Å². The number of hydrogen-bond donors (Lipinski definition) is 2. The van der Waals surface area contributed by atoms with Crippen molar-refractivity contribution in [2.75, 3.05) is 0 Å². The lowest BCUT2D eigenvalue weighted by molar-refractivity contribution is -0.0549. The molecule has 2 aliphatic rings. The van der Waals surface area contributed by atoms with E-state index in [1.807, 2.05) is 54.6 Å². The minimum Gasteiger partial charge on any atom is -0.489 e. The summed E-state index contributed by atoms with van der Waals surface area (Å²) in [6.45, 7) is 0.299. The lowest BCUT2D eigenvalue weighted by atomic mass is 9.65. The van der Waals surface area contributed by atoms with Gasteiger partial charge in [0.25, 0.3) is 0 Å². The van der Waals surface area contributed by atoms with Crippen molar-refractivity contribution in [2.45, 2.75) is 49.7 Å². The molecule has 0 atom stereocenters. The second-order valence-corrected chi connectivity index (χ2v) is 12.9. The summed E-state index contributed by atoms with van der Waals surface area (Å²) in [5, 5.41) is 19.2. The van der Waals surface area contributed by atoms with Crippen LogP contribution in [0.15, 0.2) is 69.9 Å². The topological polar surface area (TPSA) is 101 Å². The Hall–Kier alpha value is -3.14. The maximum Gasteiger partial charge on any atom is 0.434 e. The Kier molecular flexibility index (Phi) is 7.15. The van der Waals surface area contributed by atoms with Gasteiger partial charge in [0.05, 0.1) is 26.4 Å². The lowest BCUT2D eigenvalue weighted by Crippen LogP contribution is -2.40. The number of nitrogens with zero attached hydrogens (tertiary/aromatic N) is 2. The molecule has 2 aromatic heterocycles. The summed E-state index contributed by atoms with van der Waals surface area (Å²) in [4.78, 5) is 12.5. The number of halogens is 3. The van der Waals surface area contributed by atoms with Crippen LogP contribution in [0.4, 0.5) is 0 Å². The number of hydrogen-bond acceptors (Lipinski definition) is 7. The monoisotopic (exact) mass is 639 g/mol. The van der Waals surface area contributed by atoms with Gasteiger partial charge in [0, 0.05) is 27.1 Å². The van der Waals surface area contributed by atoms with E-state index in [4.69, 9.17) is 48.3 Å². The Bertz CT molecular complexity index is 1840. The molecule has 2 N–H and O–H groups in total. The maximum absolute atomic E-state index is 11.4. The van der Waals surface area contributed by atoms with Gasteiger partial charge < -0.3 is 14.3 Å². The van der Waals surface area contributed by atoms with Crippen LogP contribution in [-0.2, 0) is 12.2 Å². The summed E-state index contributed by atoms with van der Waals surface area (Å²) in [5.74, 6) is 0.840. The second-order valence-electron chi connectivity index (χ2n) is 10.9. The van der Waals surface area contributed by atoms with Crippen LogP contribution in [0.1, 0.15) is 59.1 Å². The number of nitrogens with one attached hydrogen (secondary N) is 1. The van der Waals surface area contributed by atoms with Crippen LogP contribution in [0, 0.1) is 0 Å². The zero-order valence-corrected chi connectivity index (χ0v) is 25.2. The molecule has 0 spiro atoms. The molecule has 3 aromatic carbocycles. The third kappa shape index (κ3) is 5.16. The van der Waals surface area contributed by atoms with Gasteiger partial charge in [-0.2, -0.15) is 4.37 Å². The van der Waals surface area contributed by atoms with Crippen molar-refractivity contribution in [3.8, 4) is 28.5 Å². The summed E-state index contributed by atoms with van der Waals surface area (Å²) in [5.41, 5.74) is 3.82. The van der Waals surface area contributed by atoms with E-state index < -0.39 is 11.4 Å². The van der Waals surface area contributed by atoms with Crippen molar-refractivity contribution in [2.24, 2.45) is 0 Å². The highest BCUT2D eigenvalue weighted by Gasteiger charge is 2.45. The van der Waals surface area contributed by atoms with Crippen molar-refractivity contribution in [3.63, 3.8) is 0 Å². The molecule has 0 bridgehead atoms. The highest BCUT2D eigenvalue weighted by molar-refractivity contribution is 7.06. The van der Waals surface area contributed by atoms with Crippen molar-refractivity contribution >= 4 is 46.3 Å². The Morgan fingerprint density at radius 2 is 1.76 bits per heavy atom. The molecule has 0 unspecified atom stereocenters. The van der Waals surface area contributed by atoms with E-state index in [-0.39, 0.29) is 11.8 Å². The fraction of sp³-hybridized carbons (Fsp3) is 0.258. The molecule has 214 valence electrons. The number of benzene rings is 3. The van der Waals surface area contributed by atoms with E-state index in [1.165, 1.54) is 16.4 Å². The molecule has 7 nitrogen and oxygen atoms in total. The second kappa shape index (κ2) is 10.8. The average molecular weight is 641 g/mol. The van der Waals surface area contributed by atoms with Gasteiger partial charge in [0.1, 0.15) is 12.4 Å². The van der Waals surface area contributed by atoms with Gasteiger partial charge >= 0.3 is 5.76 Å². The van der Waals surface area contributed by atoms with Crippen molar-refractivity contribution in [3.05, 3.63) is 108 Å². The van der Waals surface area contributed by atoms with Crippen LogP contribution >= 0.6 is 46.3 Å². The van der Waals surface area contributed by atoms with Crippen LogP contribution in [0.2, 0.25) is 15.1 Å². The predicted octanol–water partition coefficient (Wildman–Crippen LogP) is 8.34. The molecule has 2 heterocycles. The Morgan fingerprint density at radius 3 is 2.45 bits per heavy atom. The standard InChI is InChI=1S/C31H24Cl3N3O4S/c32-23-5-2-6-24(33)26(23)27-21(28(42-37-27)16-7-8-16)15-40-20-9-10-22(25(34)12-20)31(39)13-19(14-31)17-3-1-4-18(11-17)29-35-36-30(38)41-29/h1-6,9-12,16,19,39H,7-8,13-15H2,(H,36,38). The number of aromatic amines is 1. The SMILES string of the molecule is O=c1[nH]nc(-c2cccc(C3CC(O)(c4ccc(OCc5c(-c6c(Cl)cccc6Cl)nsc5C5CC5)cc4Cl)C3)c2)o1. The van der Waals surface area contributed by atoms with Gasteiger partial charge in [-0.15, -0.1) is 5.10 Å². The third-order valence-electron chi connectivity index (χ3n) is 8.00. The number of ether oxygens (including phenoxy) is 1. The first kappa shape index (κ1) is 27.7. The van der Waals surface area contributed by atoms with Crippen molar-refractivity contribution in [1.82, 2.24) is 14.6 Å². The van der Waals surface area contributed by atoms with Crippen LogP contribution in [0.25, 0.3) is 22.7 Å². The molecule has 0 amide bonds. The highest BCUT2D eigenvalue weighted by atomic mass is 35.5. The highest BCUT2D eigenvalue weighted by Crippen LogP contribution is 2.53. The van der Waals surface area contributed by atoms with Gasteiger partial charge in [0.2, 0.25) is 5.89 Å². The summed E-state index contributed by atoms with van der Waals surface area (Å²) in [6.07, 6.45) is 3.28. The van der Waals surface area contributed by atoms with Gasteiger partial charge in [-0.05, 0) is 91.0 Å². The predicted molar refractivity (Wildman–Crippen MR) is 164 cm³/mol. The van der Waals surface area contributed by atoms with E-state index in [0.717, 1.165) is 35.2 Å². The fourth-order valence-corrected chi connectivity index (χ4v) is 7.62. The molecule has 2 fully saturated rings. The Morgan fingerprint density at radius 1 is 1.00 bits per heavy atom.